The molecule has 0 aliphatic rings. The Kier molecular flexibility index (Phi) is 3.11. The lowest BCUT2D eigenvalue weighted by Crippen LogP contribution is -2.24. The topological polar surface area (TPSA) is 75.7 Å². The van der Waals surface area contributed by atoms with Crippen LogP contribution in [0.4, 0.5) is 18.9 Å². The van der Waals surface area contributed by atoms with Gasteiger partial charge < -0.3 is 5.21 Å². The third kappa shape index (κ3) is 2.47. The first kappa shape index (κ1) is 12.0. The molecule has 0 amide bonds. The fourth-order valence-electron chi connectivity index (χ4n) is 1.04. The zero-order valence-corrected chi connectivity index (χ0v) is 7.60. The van der Waals surface area contributed by atoms with Crippen LogP contribution in [0, 0.1) is 10.1 Å². The Bertz CT molecular complexity index is 442. The highest BCUT2D eigenvalue weighted by Crippen LogP contribution is 2.24. The molecule has 0 spiro atoms. The van der Waals surface area contributed by atoms with Crippen LogP contribution in [0.3, 0.4) is 0 Å². The Balaban J connectivity index is 3.23. The van der Waals surface area contributed by atoms with E-state index < -0.39 is 28.1 Å². The molecule has 0 aliphatic carbocycles. The maximum atomic E-state index is 12.3. The van der Waals surface area contributed by atoms with Crippen LogP contribution in [0.15, 0.2) is 29.4 Å². The molecule has 0 bridgehead atoms. The van der Waals surface area contributed by atoms with Crippen LogP contribution in [0.2, 0.25) is 0 Å². The van der Waals surface area contributed by atoms with E-state index in [1.807, 2.05) is 0 Å². The molecule has 16 heavy (non-hydrogen) atoms. The van der Waals surface area contributed by atoms with Crippen LogP contribution in [0.1, 0.15) is 5.56 Å². The second-order valence-corrected chi connectivity index (χ2v) is 2.75. The maximum Gasteiger partial charge on any atom is 0.437 e. The lowest BCUT2D eigenvalue weighted by atomic mass is 10.1. The number of non-ortho nitro benzene ring substituents is 1. The molecule has 0 atom stereocenters. The molecule has 1 N–H and O–H groups in total. The highest BCUT2D eigenvalue weighted by molar-refractivity contribution is 6.04. The van der Waals surface area contributed by atoms with Gasteiger partial charge in [0.15, 0.2) is 5.71 Å². The SMILES string of the molecule is O=[N+]([O-])c1cccc(/C(=N\O)C(F)(F)F)c1. The Morgan fingerprint density at radius 1 is 1.44 bits per heavy atom. The second kappa shape index (κ2) is 4.17. The van der Waals surface area contributed by atoms with Crippen molar-refractivity contribution in [1.82, 2.24) is 0 Å². The number of hydrogen-bond acceptors (Lipinski definition) is 4. The summed E-state index contributed by atoms with van der Waals surface area (Å²) in [6.07, 6.45) is -4.87. The highest BCUT2D eigenvalue weighted by Gasteiger charge is 2.38. The summed E-state index contributed by atoms with van der Waals surface area (Å²) in [6.45, 7) is 0. The van der Waals surface area contributed by atoms with Gasteiger partial charge in [-0.25, -0.2) is 0 Å². The molecular formula is C8H5F3N2O3. The summed E-state index contributed by atoms with van der Waals surface area (Å²) in [5.74, 6) is 0. The number of hydrogen-bond donors (Lipinski definition) is 1. The fraction of sp³-hybridized carbons (Fsp3) is 0.125. The minimum atomic E-state index is -4.87. The van der Waals surface area contributed by atoms with Crippen LogP contribution in [-0.4, -0.2) is 22.0 Å². The molecule has 1 aromatic carbocycles. The maximum absolute atomic E-state index is 12.3. The third-order valence-electron chi connectivity index (χ3n) is 1.70. The van der Waals surface area contributed by atoms with Gasteiger partial charge in [-0.2, -0.15) is 13.2 Å². The van der Waals surface area contributed by atoms with Crippen molar-refractivity contribution >= 4 is 11.4 Å². The van der Waals surface area contributed by atoms with E-state index in [4.69, 9.17) is 5.21 Å². The molecule has 0 unspecified atom stereocenters. The Labute approximate surface area is 87.0 Å². The van der Waals surface area contributed by atoms with E-state index in [-0.39, 0.29) is 0 Å². The molecule has 0 saturated heterocycles. The molecular weight excluding hydrogens is 229 g/mol. The summed E-state index contributed by atoms with van der Waals surface area (Å²) in [5.41, 5.74) is -2.65. The van der Waals surface area contributed by atoms with Crippen molar-refractivity contribution in [2.24, 2.45) is 5.16 Å². The van der Waals surface area contributed by atoms with Crippen molar-refractivity contribution in [3.8, 4) is 0 Å². The first-order chi connectivity index (χ1) is 7.36. The summed E-state index contributed by atoms with van der Waals surface area (Å²) in [7, 11) is 0. The van der Waals surface area contributed by atoms with E-state index in [0.717, 1.165) is 18.2 Å². The Morgan fingerprint density at radius 3 is 2.50 bits per heavy atom. The van der Waals surface area contributed by atoms with Crippen molar-refractivity contribution in [3.63, 3.8) is 0 Å². The molecule has 8 heteroatoms. The smallest absolute Gasteiger partial charge is 0.410 e. The molecule has 1 rings (SSSR count). The fourth-order valence-corrected chi connectivity index (χ4v) is 1.04. The molecule has 0 heterocycles. The standard InChI is InChI=1S/C8H5F3N2O3/c9-8(10,11)7(12-14)5-2-1-3-6(4-5)13(15)16/h1-4,14H/b12-7+. The van der Waals surface area contributed by atoms with Gasteiger partial charge in [0.25, 0.3) is 5.69 Å². The van der Waals surface area contributed by atoms with Crippen LogP contribution in [0.25, 0.3) is 0 Å². The molecule has 1 aromatic rings. The zero-order chi connectivity index (χ0) is 12.3. The number of benzene rings is 1. The van der Waals surface area contributed by atoms with Gasteiger partial charge in [-0.1, -0.05) is 17.3 Å². The van der Waals surface area contributed by atoms with Gasteiger partial charge in [-0.15, -0.1) is 0 Å². The van der Waals surface area contributed by atoms with E-state index >= 15 is 0 Å². The lowest BCUT2D eigenvalue weighted by molar-refractivity contribution is -0.384. The van der Waals surface area contributed by atoms with Crippen molar-refractivity contribution < 1.29 is 23.3 Å². The number of nitro benzene ring substituents is 1. The average Bonchev–Trinajstić information content (AvgIpc) is 2.17. The van der Waals surface area contributed by atoms with Crippen molar-refractivity contribution in [2.45, 2.75) is 6.18 Å². The highest BCUT2D eigenvalue weighted by atomic mass is 19.4. The molecule has 0 aliphatic heterocycles. The van der Waals surface area contributed by atoms with Crippen LogP contribution < -0.4 is 0 Å². The van der Waals surface area contributed by atoms with Gasteiger partial charge in [0.05, 0.1) is 4.92 Å². The van der Waals surface area contributed by atoms with Gasteiger partial charge in [-0.3, -0.25) is 10.1 Å². The number of alkyl halides is 3. The van der Waals surface area contributed by atoms with E-state index in [2.05, 4.69) is 5.16 Å². The summed E-state index contributed by atoms with van der Waals surface area (Å²) >= 11 is 0. The largest absolute Gasteiger partial charge is 0.437 e. The summed E-state index contributed by atoms with van der Waals surface area (Å²) in [5, 5.41) is 20.7. The number of oxime groups is 1. The summed E-state index contributed by atoms with van der Waals surface area (Å²) in [4.78, 5) is 9.50. The predicted molar refractivity (Wildman–Crippen MR) is 47.5 cm³/mol. The van der Waals surface area contributed by atoms with Crippen molar-refractivity contribution in [3.05, 3.63) is 39.9 Å². The number of nitro groups is 1. The van der Waals surface area contributed by atoms with Gasteiger partial charge >= 0.3 is 6.18 Å². The molecule has 0 fully saturated rings. The van der Waals surface area contributed by atoms with E-state index in [9.17, 15) is 23.3 Å². The minimum absolute atomic E-state index is 0.511. The Morgan fingerprint density at radius 2 is 2.06 bits per heavy atom. The molecule has 0 radical (unpaired) electrons. The summed E-state index contributed by atoms with van der Waals surface area (Å²) < 4.78 is 36.8. The van der Waals surface area contributed by atoms with E-state index in [1.54, 1.807) is 0 Å². The number of rotatable bonds is 2. The molecule has 5 nitrogen and oxygen atoms in total. The predicted octanol–water partition coefficient (Wildman–Crippen LogP) is 2.34. The lowest BCUT2D eigenvalue weighted by Gasteiger charge is -2.07. The number of halogens is 3. The molecule has 86 valence electrons. The van der Waals surface area contributed by atoms with Gasteiger partial charge in [0.1, 0.15) is 0 Å². The normalized spacial score (nSPS) is 12.6. The van der Waals surface area contributed by atoms with Gasteiger partial charge in [-0.05, 0) is 0 Å². The minimum Gasteiger partial charge on any atom is -0.410 e. The van der Waals surface area contributed by atoms with E-state index in [1.165, 1.54) is 0 Å². The molecule has 0 saturated carbocycles. The van der Waals surface area contributed by atoms with E-state index in [0.29, 0.717) is 6.07 Å². The number of nitrogens with zero attached hydrogens (tertiary/aromatic N) is 2. The van der Waals surface area contributed by atoms with Gasteiger partial charge in [0.2, 0.25) is 0 Å². The third-order valence-corrected chi connectivity index (χ3v) is 1.70. The van der Waals surface area contributed by atoms with Crippen LogP contribution >= 0.6 is 0 Å². The summed E-state index contributed by atoms with van der Waals surface area (Å²) in [6, 6.07) is 3.76. The monoisotopic (exact) mass is 234 g/mol. The molecule has 0 aromatic heterocycles. The first-order valence-corrected chi connectivity index (χ1v) is 3.90. The quantitative estimate of drug-likeness (QED) is 0.369. The first-order valence-electron chi connectivity index (χ1n) is 3.90. The van der Waals surface area contributed by atoms with Crippen LogP contribution in [0.5, 0.6) is 0 Å². The van der Waals surface area contributed by atoms with Crippen molar-refractivity contribution in [1.29, 1.82) is 0 Å². The Hall–Kier alpha value is -2.12. The second-order valence-electron chi connectivity index (χ2n) is 2.75. The zero-order valence-electron chi connectivity index (χ0n) is 7.60. The van der Waals surface area contributed by atoms with Crippen molar-refractivity contribution in [2.75, 3.05) is 0 Å². The van der Waals surface area contributed by atoms with Gasteiger partial charge in [0, 0.05) is 17.7 Å². The van der Waals surface area contributed by atoms with Crippen LogP contribution in [-0.2, 0) is 0 Å². The average molecular weight is 234 g/mol.